The number of aryl methyl sites for hydroxylation is 2. The van der Waals surface area contributed by atoms with E-state index in [1.807, 2.05) is 6.92 Å². The Morgan fingerprint density at radius 1 is 1.03 bits per heavy atom. The van der Waals surface area contributed by atoms with Crippen LogP contribution in [0.4, 0.5) is 0 Å². The average Bonchev–Trinajstić information content (AvgIpc) is 3.28. The molecule has 2 aromatic carbocycles. The fraction of sp³-hybridized carbons (Fsp3) is 0.481. The van der Waals surface area contributed by atoms with E-state index in [0.717, 1.165) is 24.2 Å². The van der Waals surface area contributed by atoms with Gasteiger partial charge in [-0.05, 0) is 44.2 Å². The third-order valence-corrected chi connectivity index (χ3v) is 7.13. The van der Waals surface area contributed by atoms with Crippen molar-refractivity contribution in [2.24, 2.45) is 0 Å². The molecule has 4 nitrogen and oxygen atoms in total. The molecule has 0 aromatic heterocycles. The highest BCUT2D eigenvalue weighted by atomic mass is 32.2. The van der Waals surface area contributed by atoms with Gasteiger partial charge in [-0.2, -0.15) is 0 Å². The Balaban J connectivity index is 1.69. The van der Waals surface area contributed by atoms with E-state index in [2.05, 4.69) is 67.7 Å². The quantitative estimate of drug-likeness (QED) is 0.525. The Kier molecular flexibility index (Phi) is 9.22. The molecule has 1 saturated carbocycles. The van der Waals surface area contributed by atoms with E-state index >= 15 is 0 Å². The van der Waals surface area contributed by atoms with Crippen LogP contribution in [0.25, 0.3) is 0 Å². The van der Waals surface area contributed by atoms with Crippen molar-refractivity contribution in [1.29, 1.82) is 0 Å². The van der Waals surface area contributed by atoms with Crippen LogP contribution in [0.15, 0.2) is 48.5 Å². The Morgan fingerprint density at radius 2 is 1.75 bits per heavy atom. The first kappa shape index (κ1) is 24.4. The molecule has 32 heavy (non-hydrogen) atoms. The van der Waals surface area contributed by atoms with Crippen molar-refractivity contribution in [2.75, 3.05) is 5.75 Å². The Hall–Kier alpha value is -2.27. The number of thioether (sulfide) groups is 1. The highest BCUT2D eigenvalue weighted by molar-refractivity contribution is 7.99. The lowest BCUT2D eigenvalue weighted by Gasteiger charge is -2.31. The molecule has 1 fully saturated rings. The fourth-order valence-electron chi connectivity index (χ4n) is 4.32. The molecule has 1 aliphatic carbocycles. The van der Waals surface area contributed by atoms with Crippen LogP contribution in [-0.4, -0.2) is 34.6 Å². The number of carbonyl (C=O) groups excluding carboxylic acids is 2. The normalized spacial score (nSPS) is 14.8. The van der Waals surface area contributed by atoms with E-state index in [1.165, 1.54) is 29.5 Å². The number of rotatable bonds is 10. The van der Waals surface area contributed by atoms with Gasteiger partial charge in [0.2, 0.25) is 11.8 Å². The van der Waals surface area contributed by atoms with Gasteiger partial charge in [0, 0.05) is 18.3 Å². The number of amides is 2. The maximum atomic E-state index is 13.3. The molecule has 172 valence electrons. The standard InChI is InChI=1S/C27H36N2O2S/c1-4-25(27(31)28-24-10-5-6-11-24)29(17-22-14-12-20(2)13-15-22)26(30)19-32-18-23-9-7-8-21(3)16-23/h7-9,12-16,24-25H,4-6,10-11,17-19H2,1-3H3,(H,28,31)/t25-/m0/s1. The van der Waals surface area contributed by atoms with Crippen LogP contribution >= 0.6 is 11.8 Å². The van der Waals surface area contributed by atoms with Gasteiger partial charge in [0.15, 0.2) is 0 Å². The van der Waals surface area contributed by atoms with E-state index < -0.39 is 6.04 Å². The van der Waals surface area contributed by atoms with E-state index in [9.17, 15) is 9.59 Å². The minimum atomic E-state index is -0.441. The lowest BCUT2D eigenvalue weighted by atomic mass is 10.1. The van der Waals surface area contributed by atoms with Gasteiger partial charge in [-0.15, -0.1) is 11.8 Å². The fourth-order valence-corrected chi connectivity index (χ4v) is 5.18. The molecule has 0 saturated heterocycles. The topological polar surface area (TPSA) is 49.4 Å². The molecule has 0 radical (unpaired) electrons. The number of nitrogens with zero attached hydrogens (tertiary/aromatic N) is 1. The lowest BCUT2D eigenvalue weighted by molar-refractivity contribution is -0.139. The zero-order valence-corrected chi connectivity index (χ0v) is 20.4. The maximum Gasteiger partial charge on any atom is 0.243 e. The van der Waals surface area contributed by atoms with E-state index in [1.54, 1.807) is 16.7 Å². The second-order valence-electron chi connectivity index (χ2n) is 8.90. The van der Waals surface area contributed by atoms with Crippen LogP contribution in [0, 0.1) is 13.8 Å². The molecule has 5 heteroatoms. The van der Waals surface area contributed by atoms with E-state index in [-0.39, 0.29) is 17.9 Å². The van der Waals surface area contributed by atoms with Gasteiger partial charge in [0.1, 0.15) is 6.04 Å². The second-order valence-corrected chi connectivity index (χ2v) is 9.89. The van der Waals surface area contributed by atoms with E-state index in [4.69, 9.17) is 0 Å². The minimum absolute atomic E-state index is 0.0106. The molecular formula is C27H36N2O2S. The Bertz CT molecular complexity index is 891. The maximum absolute atomic E-state index is 13.3. The van der Waals surface area contributed by atoms with E-state index in [0.29, 0.717) is 18.7 Å². The molecule has 2 amide bonds. The molecule has 3 rings (SSSR count). The number of carbonyl (C=O) groups is 2. The van der Waals surface area contributed by atoms with Crippen LogP contribution in [0.1, 0.15) is 61.3 Å². The first-order valence-electron chi connectivity index (χ1n) is 11.7. The third kappa shape index (κ3) is 7.13. The average molecular weight is 453 g/mol. The summed E-state index contributed by atoms with van der Waals surface area (Å²) in [6, 6.07) is 16.4. The van der Waals surface area contributed by atoms with Crippen molar-refractivity contribution in [1.82, 2.24) is 10.2 Å². The summed E-state index contributed by atoms with van der Waals surface area (Å²) in [7, 11) is 0. The second kappa shape index (κ2) is 12.1. The predicted octanol–water partition coefficient (Wildman–Crippen LogP) is 5.40. The summed E-state index contributed by atoms with van der Waals surface area (Å²) in [4.78, 5) is 28.3. The van der Waals surface area contributed by atoms with Crippen LogP contribution < -0.4 is 5.32 Å². The van der Waals surface area contributed by atoms with Crippen molar-refractivity contribution in [3.8, 4) is 0 Å². The summed E-state index contributed by atoms with van der Waals surface area (Å²) in [6.45, 7) is 6.59. The van der Waals surface area contributed by atoms with Crippen LogP contribution in [0.5, 0.6) is 0 Å². The molecule has 2 aromatic rings. The SMILES string of the molecule is CC[C@@H](C(=O)NC1CCCC1)N(Cc1ccc(C)cc1)C(=O)CSCc1cccc(C)c1. The Morgan fingerprint density at radius 3 is 2.41 bits per heavy atom. The summed E-state index contributed by atoms with van der Waals surface area (Å²) in [5, 5.41) is 3.21. The van der Waals surface area contributed by atoms with Crippen molar-refractivity contribution >= 4 is 23.6 Å². The van der Waals surface area contributed by atoms with Gasteiger partial charge in [-0.25, -0.2) is 0 Å². The summed E-state index contributed by atoms with van der Waals surface area (Å²) in [6.07, 6.45) is 5.03. The molecule has 0 unspecified atom stereocenters. The van der Waals surface area contributed by atoms with Gasteiger partial charge in [-0.1, -0.05) is 79.4 Å². The van der Waals surface area contributed by atoms with Gasteiger partial charge in [0.05, 0.1) is 5.75 Å². The smallest absolute Gasteiger partial charge is 0.243 e. The molecule has 0 bridgehead atoms. The first-order valence-corrected chi connectivity index (χ1v) is 12.9. The molecule has 0 spiro atoms. The van der Waals surface area contributed by atoms with Gasteiger partial charge in [0.25, 0.3) is 0 Å². The number of benzene rings is 2. The number of hydrogen-bond acceptors (Lipinski definition) is 3. The molecular weight excluding hydrogens is 416 g/mol. The van der Waals surface area contributed by atoms with Crippen LogP contribution in [0.2, 0.25) is 0 Å². The Labute approximate surface area is 197 Å². The van der Waals surface area contributed by atoms with Gasteiger partial charge < -0.3 is 10.2 Å². The highest BCUT2D eigenvalue weighted by Crippen LogP contribution is 2.21. The van der Waals surface area contributed by atoms with Crippen molar-refractivity contribution in [2.45, 2.75) is 77.3 Å². The number of hydrogen-bond donors (Lipinski definition) is 1. The molecule has 0 aliphatic heterocycles. The molecule has 1 atom stereocenters. The monoisotopic (exact) mass is 452 g/mol. The van der Waals surface area contributed by atoms with Gasteiger partial charge in [-0.3, -0.25) is 9.59 Å². The summed E-state index contributed by atoms with van der Waals surface area (Å²) in [5.41, 5.74) is 4.69. The predicted molar refractivity (Wildman–Crippen MR) is 134 cm³/mol. The molecule has 0 heterocycles. The highest BCUT2D eigenvalue weighted by Gasteiger charge is 2.30. The number of nitrogens with one attached hydrogen (secondary N) is 1. The van der Waals surface area contributed by atoms with Crippen molar-refractivity contribution in [3.05, 3.63) is 70.8 Å². The van der Waals surface area contributed by atoms with Crippen molar-refractivity contribution < 1.29 is 9.59 Å². The zero-order chi connectivity index (χ0) is 22.9. The molecule has 1 N–H and O–H groups in total. The lowest BCUT2D eigenvalue weighted by Crippen LogP contribution is -2.51. The minimum Gasteiger partial charge on any atom is -0.352 e. The van der Waals surface area contributed by atoms with Gasteiger partial charge >= 0.3 is 0 Å². The third-order valence-electron chi connectivity index (χ3n) is 6.14. The first-order chi connectivity index (χ1) is 15.5. The summed E-state index contributed by atoms with van der Waals surface area (Å²) >= 11 is 1.61. The largest absolute Gasteiger partial charge is 0.352 e. The molecule has 1 aliphatic rings. The summed E-state index contributed by atoms with van der Waals surface area (Å²) < 4.78 is 0. The zero-order valence-electron chi connectivity index (χ0n) is 19.6. The van der Waals surface area contributed by atoms with Crippen LogP contribution in [-0.2, 0) is 21.9 Å². The van der Waals surface area contributed by atoms with Crippen LogP contribution in [0.3, 0.4) is 0 Å². The van der Waals surface area contributed by atoms with Crippen molar-refractivity contribution in [3.63, 3.8) is 0 Å². The summed E-state index contributed by atoms with van der Waals surface area (Å²) in [5.74, 6) is 1.17.